The Labute approximate surface area is 201 Å². The fourth-order valence-electron chi connectivity index (χ4n) is 3.46. The summed E-state index contributed by atoms with van der Waals surface area (Å²) < 4.78 is 54.7. The molecule has 0 aliphatic rings. The predicted octanol–water partition coefficient (Wildman–Crippen LogP) is 2.71. The van der Waals surface area contributed by atoms with Crippen molar-refractivity contribution in [1.29, 1.82) is 0 Å². The molecular weight excluding hydrogens is 483 g/mol. The van der Waals surface area contributed by atoms with Crippen LogP contribution in [0.3, 0.4) is 0 Å². The monoisotopic (exact) mass is 503 g/mol. The van der Waals surface area contributed by atoms with E-state index in [-0.39, 0.29) is 11.4 Å². The second-order valence-electron chi connectivity index (χ2n) is 7.75. The van der Waals surface area contributed by atoms with Gasteiger partial charge in [-0.25, -0.2) is 26.5 Å². The van der Waals surface area contributed by atoms with Crippen molar-refractivity contribution >= 4 is 46.4 Å². The van der Waals surface area contributed by atoms with Crippen LogP contribution >= 0.6 is 11.6 Å². The van der Waals surface area contributed by atoms with Crippen LogP contribution in [0, 0.1) is 11.6 Å². The van der Waals surface area contributed by atoms with Crippen LogP contribution < -0.4 is 10.8 Å². The number of sulfonamides is 1. The van der Waals surface area contributed by atoms with Gasteiger partial charge in [-0.2, -0.15) is 9.61 Å². The molecule has 0 saturated carbocycles. The van der Waals surface area contributed by atoms with Crippen LogP contribution in [0.25, 0.3) is 16.9 Å². The van der Waals surface area contributed by atoms with E-state index in [0.29, 0.717) is 41.2 Å². The highest BCUT2D eigenvalue weighted by molar-refractivity contribution is 7.89. The number of aromatic nitrogens is 3. The van der Waals surface area contributed by atoms with Crippen molar-refractivity contribution in [2.24, 2.45) is 0 Å². The van der Waals surface area contributed by atoms with Gasteiger partial charge in [-0.05, 0) is 36.1 Å². The number of nitrogens with one attached hydrogen (secondary N) is 1. The Balaban J connectivity index is 1.48. The van der Waals surface area contributed by atoms with E-state index in [0.717, 1.165) is 27.5 Å². The van der Waals surface area contributed by atoms with Crippen molar-refractivity contribution in [3.63, 3.8) is 0 Å². The molecule has 176 valence electrons. The molecule has 0 amide bonds. The maximum Gasteiger partial charge on any atom is 0.242 e. The van der Waals surface area contributed by atoms with Gasteiger partial charge in [0.2, 0.25) is 10.0 Å². The van der Waals surface area contributed by atoms with E-state index >= 15 is 0 Å². The third-order valence-electron chi connectivity index (χ3n) is 5.35. The molecule has 0 radical (unpaired) electrons. The molecule has 0 aliphatic heterocycles. The van der Waals surface area contributed by atoms with Crippen molar-refractivity contribution in [1.82, 2.24) is 18.9 Å². The second kappa shape index (κ2) is 9.69. The first-order chi connectivity index (χ1) is 16.2. The second-order valence-corrected chi connectivity index (χ2v) is 10.2. The third kappa shape index (κ3) is 4.77. The Hall–Kier alpha value is -3.02. The quantitative estimate of drug-likeness (QED) is 0.295. The number of hydrogen-bond acceptors (Lipinski definition) is 5. The topological polar surface area (TPSA) is 79.6 Å². The van der Waals surface area contributed by atoms with Crippen molar-refractivity contribution in [3.05, 3.63) is 71.4 Å². The van der Waals surface area contributed by atoms with E-state index < -0.39 is 21.7 Å². The highest BCUT2D eigenvalue weighted by Gasteiger charge is 2.22. The molecule has 0 fully saturated rings. The van der Waals surface area contributed by atoms with Gasteiger partial charge in [-0.15, -0.1) is 0 Å². The first kappa shape index (κ1) is 24.1. The van der Waals surface area contributed by atoms with E-state index in [1.165, 1.54) is 7.05 Å². The fraction of sp³-hybridized carbons (Fsp3) is 0.182. The van der Waals surface area contributed by atoms with Gasteiger partial charge < -0.3 is 5.32 Å². The lowest BCUT2D eigenvalue weighted by Gasteiger charge is -2.18. The van der Waals surface area contributed by atoms with Crippen LogP contribution in [0.5, 0.6) is 0 Å². The molecule has 12 heteroatoms. The number of benzene rings is 2. The van der Waals surface area contributed by atoms with E-state index in [2.05, 4.69) is 10.4 Å². The minimum absolute atomic E-state index is 0.165. The van der Waals surface area contributed by atoms with Crippen LogP contribution in [0.4, 0.5) is 14.6 Å². The Bertz CT molecular complexity index is 1470. The normalized spacial score (nSPS) is 11.9. The van der Waals surface area contributed by atoms with E-state index in [1.54, 1.807) is 16.8 Å². The highest BCUT2D eigenvalue weighted by atomic mass is 35.5. The van der Waals surface area contributed by atoms with E-state index in [9.17, 15) is 17.2 Å². The number of rotatable bonds is 8. The van der Waals surface area contributed by atoms with Gasteiger partial charge in [-0.1, -0.05) is 29.8 Å². The molecule has 0 unspecified atom stereocenters. The average molecular weight is 504 g/mol. The van der Waals surface area contributed by atoms with Gasteiger partial charge >= 0.3 is 0 Å². The number of fused-ring (bicyclic) bond motifs is 1. The number of halogens is 3. The van der Waals surface area contributed by atoms with Crippen LogP contribution in [0.1, 0.15) is 6.42 Å². The summed E-state index contributed by atoms with van der Waals surface area (Å²) in [4.78, 5) is 4.40. The largest absolute Gasteiger partial charge is 0.370 e. The molecule has 2 heterocycles. The van der Waals surface area contributed by atoms with Crippen molar-refractivity contribution in [2.75, 3.05) is 25.5 Å². The molecular formula is C22H21BClF2N5O2S. The minimum atomic E-state index is -3.95. The van der Waals surface area contributed by atoms with Gasteiger partial charge in [0.05, 0.1) is 10.6 Å². The predicted molar refractivity (Wildman–Crippen MR) is 131 cm³/mol. The summed E-state index contributed by atoms with van der Waals surface area (Å²) in [5.41, 5.74) is 3.04. The van der Waals surface area contributed by atoms with E-state index in [1.807, 2.05) is 32.1 Å². The molecule has 0 atom stereocenters. The maximum atomic E-state index is 13.5. The standard InChI is InChI=1S/C22H21BClF2N5O2S/c1-30(34(32,33)14-7-8-18(25)19(26)11-14)10-4-9-27-21-12-20(15-5-2-3-6-17(15)24)29-22-16(23)13-28-31(21)22/h2-3,5-8,11-13,27H,4,9-10,23H2,1H3. The van der Waals surface area contributed by atoms with Crippen LogP contribution in [-0.2, 0) is 10.0 Å². The summed E-state index contributed by atoms with van der Waals surface area (Å²) in [5, 5.41) is 8.23. The molecule has 0 spiro atoms. The summed E-state index contributed by atoms with van der Waals surface area (Å²) in [6.07, 6.45) is 2.16. The van der Waals surface area contributed by atoms with Gasteiger partial charge in [0, 0.05) is 43.0 Å². The first-order valence-corrected chi connectivity index (χ1v) is 12.3. The molecule has 2 aromatic carbocycles. The zero-order valence-corrected chi connectivity index (χ0v) is 20.0. The van der Waals surface area contributed by atoms with Gasteiger partial charge in [-0.3, -0.25) is 0 Å². The molecule has 34 heavy (non-hydrogen) atoms. The average Bonchev–Trinajstić information content (AvgIpc) is 3.19. The molecule has 4 rings (SSSR count). The lowest BCUT2D eigenvalue weighted by atomic mass is 10.0. The lowest BCUT2D eigenvalue weighted by molar-refractivity contribution is 0.462. The molecule has 0 aliphatic carbocycles. The Morgan fingerprint density at radius 3 is 2.65 bits per heavy atom. The Kier molecular flexibility index (Phi) is 6.87. The maximum absolute atomic E-state index is 13.5. The summed E-state index contributed by atoms with van der Waals surface area (Å²) in [6, 6.07) is 11.8. The zero-order chi connectivity index (χ0) is 24.5. The summed E-state index contributed by atoms with van der Waals surface area (Å²) in [7, 11) is -0.639. The fourth-order valence-corrected chi connectivity index (χ4v) is 4.92. The van der Waals surface area contributed by atoms with Gasteiger partial charge in [0.15, 0.2) is 17.3 Å². The summed E-state index contributed by atoms with van der Waals surface area (Å²) in [6.45, 7) is 0.593. The zero-order valence-electron chi connectivity index (χ0n) is 18.5. The van der Waals surface area contributed by atoms with Crippen LogP contribution in [0.2, 0.25) is 5.02 Å². The smallest absolute Gasteiger partial charge is 0.242 e. The van der Waals surface area contributed by atoms with Crippen LogP contribution in [0.15, 0.2) is 59.6 Å². The van der Waals surface area contributed by atoms with Gasteiger partial charge in [0.25, 0.3) is 0 Å². The molecule has 0 bridgehead atoms. The third-order valence-corrected chi connectivity index (χ3v) is 7.54. The SMILES string of the molecule is Bc1cnn2c(NCCCN(C)S(=O)(=O)c3ccc(F)c(F)c3)cc(-c3ccccc3Cl)nc12. The Morgan fingerprint density at radius 2 is 1.91 bits per heavy atom. The minimum Gasteiger partial charge on any atom is -0.370 e. The molecule has 7 nitrogen and oxygen atoms in total. The molecule has 0 saturated heterocycles. The first-order valence-electron chi connectivity index (χ1n) is 10.4. The Morgan fingerprint density at radius 1 is 1.15 bits per heavy atom. The molecule has 2 aromatic heterocycles. The van der Waals surface area contributed by atoms with Crippen molar-refractivity contribution in [2.45, 2.75) is 11.3 Å². The highest BCUT2D eigenvalue weighted by Crippen LogP contribution is 2.28. The van der Waals surface area contributed by atoms with Crippen molar-refractivity contribution < 1.29 is 17.2 Å². The van der Waals surface area contributed by atoms with Crippen LogP contribution in [-0.4, -0.2) is 55.3 Å². The van der Waals surface area contributed by atoms with Crippen molar-refractivity contribution in [3.8, 4) is 11.3 Å². The number of anilines is 1. The molecule has 4 aromatic rings. The number of hydrogen-bond donors (Lipinski definition) is 1. The summed E-state index contributed by atoms with van der Waals surface area (Å²) >= 11 is 6.36. The number of nitrogens with zero attached hydrogens (tertiary/aromatic N) is 4. The lowest BCUT2D eigenvalue weighted by Crippen LogP contribution is -2.29. The molecule has 1 N–H and O–H groups in total. The summed E-state index contributed by atoms with van der Waals surface area (Å²) in [5.74, 6) is -1.62. The van der Waals surface area contributed by atoms with E-state index in [4.69, 9.17) is 16.6 Å². The van der Waals surface area contributed by atoms with Gasteiger partial charge in [0.1, 0.15) is 13.7 Å².